The van der Waals surface area contributed by atoms with Crippen molar-refractivity contribution in [2.24, 2.45) is 0 Å². The maximum Gasteiger partial charge on any atom is 0.340 e. The number of nitrogens with zero attached hydrogens (tertiary/aromatic N) is 4. The number of carbonyl (C=O) groups excluding carboxylic acids is 2. The van der Waals surface area contributed by atoms with E-state index in [4.69, 9.17) is 14.7 Å². The number of para-hydroxylation sites is 1. The summed E-state index contributed by atoms with van der Waals surface area (Å²) in [6.07, 6.45) is 4.89. The van der Waals surface area contributed by atoms with Gasteiger partial charge in [0.1, 0.15) is 10.8 Å². The second-order valence-electron chi connectivity index (χ2n) is 8.98. The lowest BCUT2D eigenvalue weighted by molar-refractivity contribution is -0.117. The zero-order chi connectivity index (χ0) is 24.2. The summed E-state index contributed by atoms with van der Waals surface area (Å²) in [5.74, 6) is 1.05. The van der Waals surface area contributed by atoms with E-state index in [1.807, 2.05) is 18.2 Å². The van der Waals surface area contributed by atoms with Crippen LogP contribution < -0.4 is 15.5 Å². The van der Waals surface area contributed by atoms with Gasteiger partial charge in [0.05, 0.1) is 24.7 Å². The Morgan fingerprint density at radius 1 is 1.09 bits per heavy atom. The topological polar surface area (TPSA) is 99.7 Å². The van der Waals surface area contributed by atoms with Crippen LogP contribution in [0.2, 0.25) is 0 Å². The van der Waals surface area contributed by atoms with E-state index in [9.17, 15) is 9.59 Å². The van der Waals surface area contributed by atoms with Crippen LogP contribution in [-0.2, 0) is 9.53 Å². The largest absolute Gasteiger partial charge is 0.465 e. The highest BCUT2D eigenvalue weighted by molar-refractivity contribution is 7.14. The number of carbonyl (C=O) groups is 2. The van der Waals surface area contributed by atoms with Crippen LogP contribution in [-0.4, -0.2) is 72.6 Å². The summed E-state index contributed by atoms with van der Waals surface area (Å²) in [5.41, 5.74) is 1.32. The number of methoxy groups -OCH3 is 1. The Morgan fingerprint density at radius 2 is 1.86 bits per heavy atom. The highest BCUT2D eigenvalue weighted by Crippen LogP contribution is 2.28. The van der Waals surface area contributed by atoms with E-state index in [0.717, 1.165) is 48.8 Å². The average Bonchev–Trinajstić information content (AvgIpc) is 3.56. The second-order valence-corrected chi connectivity index (χ2v) is 9.90. The van der Waals surface area contributed by atoms with Crippen molar-refractivity contribution < 1.29 is 14.3 Å². The van der Waals surface area contributed by atoms with Crippen molar-refractivity contribution in [1.29, 1.82) is 0 Å². The Bertz CT molecular complexity index is 1200. The molecule has 9 nitrogen and oxygen atoms in total. The minimum Gasteiger partial charge on any atom is -0.465 e. The molecular weight excluding hydrogens is 464 g/mol. The van der Waals surface area contributed by atoms with E-state index in [1.165, 1.54) is 44.1 Å². The maximum atomic E-state index is 12.6. The summed E-state index contributed by atoms with van der Waals surface area (Å²) in [7, 11) is 1.33. The third-order valence-corrected chi connectivity index (χ3v) is 7.46. The van der Waals surface area contributed by atoms with Crippen molar-refractivity contribution in [2.45, 2.75) is 31.7 Å². The first kappa shape index (κ1) is 23.5. The number of hydrogen-bond acceptors (Lipinski definition) is 9. The van der Waals surface area contributed by atoms with Gasteiger partial charge in [0.15, 0.2) is 0 Å². The molecule has 2 aliphatic rings. The molecule has 1 aromatic carbocycles. The highest BCUT2D eigenvalue weighted by atomic mass is 32.1. The summed E-state index contributed by atoms with van der Waals surface area (Å²) in [4.78, 5) is 38.5. The molecular formula is C25H30N6O3S. The number of piperazine rings is 1. The van der Waals surface area contributed by atoms with Gasteiger partial charge in [-0.3, -0.25) is 9.69 Å². The molecule has 0 spiro atoms. The minimum atomic E-state index is -0.452. The molecule has 0 radical (unpaired) electrons. The number of esters is 1. The number of rotatable bonds is 7. The summed E-state index contributed by atoms with van der Waals surface area (Å²) in [6, 6.07) is 10.3. The molecule has 0 atom stereocenters. The highest BCUT2D eigenvalue weighted by Gasteiger charge is 2.24. The van der Waals surface area contributed by atoms with Gasteiger partial charge < -0.3 is 20.3 Å². The first-order chi connectivity index (χ1) is 17.1. The normalized spacial score (nSPS) is 17.0. The summed E-state index contributed by atoms with van der Waals surface area (Å²) < 4.78 is 4.78. The van der Waals surface area contributed by atoms with Crippen molar-refractivity contribution in [1.82, 2.24) is 14.9 Å². The van der Waals surface area contributed by atoms with Crippen LogP contribution in [0.15, 0.2) is 35.7 Å². The van der Waals surface area contributed by atoms with Crippen LogP contribution in [0.5, 0.6) is 0 Å². The van der Waals surface area contributed by atoms with E-state index in [2.05, 4.69) is 26.5 Å². The Labute approximate surface area is 208 Å². The SMILES string of the molecule is COC(=O)c1ccsc1NC(=O)CN1CCN(c2nc(NC3CCCC3)c3ccccc3n2)CC1. The fourth-order valence-corrected chi connectivity index (χ4v) is 5.52. The standard InChI is InChI=1S/C25H30N6O3S/c1-34-24(33)19-10-15-35-23(19)28-21(32)16-30-11-13-31(14-12-30)25-27-20-9-5-4-8-18(20)22(29-25)26-17-6-2-3-7-17/h4-5,8-10,15,17H,2-3,6-7,11-14,16H2,1H3,(H,28,32)(H,26,27,29). The maximum absolute atomic E-state index is 12.6. The number of fused-ring (bicyclic) bond motifs is 1. The van der Waals surface area contributed by atoms with Crippen LogP contribution in [0.1, 0.15) is 36.0 Å². The molecule has 35 heavy (non-hydrogen) atoms. The van der Waals surface area contributed by atoms with Crippen LogP contribution in [0.25, 0.3) is 10.9 Å². The Morgan fingerprint density at radius 3 is 2.63 bits per heavy atom. The van der Waals surface area contributed by atoms with E-state index in [0.29, 0.717) is 16.6 Å². The molecule has 1 saturated carbocycles. The molecule has 3 heterocycles. The van der Waals surface area contributed by atoms with E-state index in [1.54, 1.807) is 11.4 Å². The molecule has 2 aromatic heterocycles. The van der Waals surface area contributed by atoms with Crippen LogP contribution in [0.3, 0.4) is 0 Å². The fraction of sp³-hybridized carbons (Fsp3) is 0.440. The summed E-state index contributed by atoms with van der Waals surface area (Å²) in [5, 5.41) is 9.85. The number of aromatic nitrogens is 2. The van der Waals surface area contributed by atoms with Crippen LogP contribution in [0.4, 0.5) is 16.8 Å². The summed E-state index contributed by atoms with van der Waals surface area (Å²) in [6.45, 7) is 3.19. The van der Waals surface area contributed by atoms with E-state index in [-0.39, 0.29) is 12.5 Å². The van der Waals surface area contributed by atoms with Gasteiger partial charge in [-0.1, -0.05) is 25.0 Å². The van der Waals surface area contributed by atoms with E-state index < -0.39 is 5.97 Å². The third kappa shape index (κ3) is 5.38. The van der Waals surface area contributed by atoms with Gasteiger partial charge >= 0.3 is 5.97 Å². The number of anilines is 3. The van der Waals surface area contributed by atoms with Crippen molar-refractivity contribution in [3.63, 3.8) is 0 Å². The summed E-state index contributed by atoms with van der Waals surface area (Å²) >= 11 is 1.31. The van der Waals surface area contributed by atoms with Crippen LogP contribution in [0, 0.1) is 0 Å². The Balaban J connectivity index is 1.21. The third-order valence-electron chi connectivity index (χ3n) is 6.63. The number of amides is 1. The molecule has 2 fully saturated rings. The monoisotopic (exact) mass is 494 g/mol. The predicted octanol–water partition coefficient (Wildman–Crippen LogP) is 3.59. The fourth-order valence-electron chi connectivity index (χ4n) is 4.73. The van der Waals surface area contributed by atoms with Gasteiger partial charge in [-0.15, -0.1) is 11.3 Å². The lowest BCUT2D eigenvalue weighted by Crippen LogP contribution is -2.49. The second kappa shape index (κ2) is 10.6. The van der Waals surface area contributed by atoms with Gasteiger partial charge in [-0.25, -0.2) is 9.78 Å². The van der Waals surface area contributed by atoms with Crippen molar-refractivity contribution in [3.8, 4) is 0 Å². The van der Waals surface area contributed by atoms with E-state index >= 15 is 0 Å². The van der Waals surface area contributed by atoms with Gasteiger partial charge in [0.25, 0.3) is 0 Å². The molecule has 5 rings (SSSR count). The van der Waals surface area contributed by atoms with Crippen LogP contribution >= 0.6 is 11.3 Å². The molecule has 0 unspecified atom stereocenters. The minimum absolute atomic E-state index is 0.143. The molecule has 184 valence electrons. The zero-order valence-corrected chi connectivity index (χ0v) is 20.6. The number of hydrogen-bond donors (Lipinski definition) is 2. The average molecular weight is 495 g/mol. The lowest BCUT2D eigenvalue weighted by atomic mass is 10.2. The molecule has 1 aliphatic carbocycles. The van der Waals surface area contributed by atoms with Gasteiger partial charge in [0.2, 0.25) is 11.9 Å². The Hall–Kier alpha value is -3.24. The quantitative estimate of drug-likeness (QED) is 0.481. The number of nitrogens with one attached hydrogen (secondary N) is 2. The first-order valence-corrected chi connectivity index (χ1v) is 12.9. The first-order valence-electron chi connectivity index (χ1n) is 12.1. The van der Waals surface area contributed by atoms with Gasteiger partial charge in [-0.05, 0) is 36.4 Å². The molecule has 2 N–H and O–H groups in total. The lowest BCUT2D eigenvalue weighted by Gasteiger charge is -2.34. The smallest absolute Gasteiger partial charge is 0.340 e. The van der Waals surface area contributed by atoms with Crippen molar-refractivity contribution >= 4 is 50.9 Å². The number of ether oxygens (including phenoxy) is 1. The molecule has 1 amide bonds. The molecule has 10 heteroatoms. The van der Waals surface area contributed by atoms with Crippen molar-refractivity contribution in [2.75, 3.05) is 55.4 Å². The Kier molecular flexibility index (Phi) is 7.10. The number of thiophene rings is 1. The molecule has 0 bridgehead atoms. The number of benzene rings is 1. The molecule has 1 saturated heterocycles. The van der Waals surface area contributed by atoms with Crippen molar-refractivity contribution in [3.05, 3.63) is 41.3 Å². The molecule has 1 aliphatic heterocycles. The molecule has 3 aromatic rings. The van der Waals surface area contributed by atoms with Gasteiger partial charge in [0, 0.05) is 37.6 Å². The predicted molar refractivity (Wildman–Crippen MR) is 138 cm³/mol. The van der Waals surface area contributed by atoms with Gasteiger partial charge in [-0.2, -0.15) is 4.98 Å². The zero-order valence-electron chi connectivity index (χ0n) is 19.8.